The minimum absolute atomic E-state index is 0.124. The Morgan fingerprint density at radius 1 is 0.506 bits per heavy atom. The van der Waals surface area contributed by atoms with E-state index in [2.05, 4.69) is 74.7 Å². The van der Waals surface area contributed by atoms with E-state index in [1.165, 1.54) is 141 Å². The van der Waals surface area contributed by atoms with Gasteiger partial charge in [-0.1, -0.05) is 268 Å². The summed E-state index contributed by atoms with van der Waals surface area (Å²) in [7, 11) is 0. The molecule has 1 saturated heterocycles. The number of hydrogen-bond donors (Lipinski definition) is 6. The number of amides is 1. The Morgan fingerprint density at radius 3 is 1.36 bits per heavy atom. The molecule has 8 atom stereocenters. The maximum absolute atomic E-state index is 13.4. The van der Waals surface area contributed by atoms with Crippen LogP contribution in [0.5, 0.6) is 0 Å². The van der Waals surface area contributed by atoms with Crippen molar-refractivity contribution >= 4 is 11.9 Å². The van der Waals surface area contributed by atoms with Gasteiger partial charge < -0.3 is 45.1 Å². The van der Waals surface area contributed by atoms with Crippen LogP contribution in [0, 0.1) is 0 Å². The number of hydrogen-bond acceptors (Lipinski definition) is 10. The van der Waals surface area contributed by atoms with Gasteiger partial charge in [-0.2, -0.15) is 0 Å². The third kappa shape index (κ3) is 42.0. The maximum atomic E-state index is 13.4. The van der Waals surface area contributed by atoms with Gasteiger partial charge in [0.1, 0.15) is 24.4 Å². The zero-order chi connectivity index (χ0) is 56.1. The zero-order valence-corrected chi connectivity index (χ0v) is 49.6. The van der Waals surface area contributed by atoms with E-state index in [0.717, 1.165) is 96.3 Å². The van der Waals surface area contributed by atoms with Gasteiger partial charge in [0.2, 0.25) is 5.91 Å². The Bertz CT molecular complexity index is 1480. The number of esters is 1. The third-order valence-electron chi connectivity index (χ3n) is 14.9. The zero-order valence-electron chi connectivity index (χ0n) is 49.6. The van der Waals surface area contributed by atoms with E-state index in [0.29, 0.717) is 12.8 Å². The van der Waals surface area contributed by atoms with Crippen LogP contribution in [-0.4, -0.2) is 99.6 Å². The average Bonchev–Trinajstić information content (AvgIpc) is 3.43. The van der Waals surface area contributed by atoms with Crippen LogP contribution in [0.1, 0.15) is 284 Å². The predicted octanol–water partition coefficient (Wildman–Crippen LogP) is 15.4. The quantitative estimate of drug-likeness (QED) is 0.0195. The van der Waals surface area contributed by atoms with Crippen LogP contribution >= 0.6 is 0 Å². The van der Waals surface area contributed by atoms with Crippen molar-refractivity contribution in [1.82, 2.24) is 5.32 Å². The number of carbonyl (C=O) groups is 2. The lowest BCUT2D eigenvalue weighted by atomic mass is 9.99. The summed E-state index contributed by atoms with van der Waals surface area (Å²) in [6.45, 7) is 5.76. The summed E-state index contributed by atoms with van der Waals surface area (Å²) in [5.74, 6) is -1.20. The summed E-state index contributed by atoms with van der Waals surface area (Å²) in [4.78, 5) is 26.5. The van der Waals surface area contributed by atoms with Gasteiger partial charge in [0.05, 0.1) is 25.4 Å². The van der Waals surface area contributed by atoms with E-state index in [-0.39, 0.29) is 19.4 Å². The molecule has 77 heavy (non-hydrogen) atoms. The van der Waals surface area contributed by atoms with E-state index in [1.54, 1.807) is 6.08 Å². The van der Waals surface area contributed by atoms with Gasteiger partial charge in [-0.25, -0.2) is 0 Å². The van der Waals surface area contributed by atoms with Crippen molar-refractivity contribution in [3.8, 4) is 0 Å². The van der Waals surface area contributed by atoms with E-state index in [4.69, 9.17) is 14.2 Å². The summed E-state index contributed by atoms with van der Waals surface area (Å²) in [6, 6.07) is -1.03. The molecule has 11 nitrogen and oxygen atoms in total. The van der Waals surface area contributed by atoms with Crippen LogP contribution in [0.15, 0.2) is 60.8 Å². The summed E-state index contributed by atoms with van der Waals surface area (Å²) < 4.78 is 17.6. The van der Waals surface area contributed by atoms with Gasteiger partial charge in [-0.3, -0.25) is 9.59 Å². The second-order valence-corrected chi connectivity index (χ2v) is 22.1. The van der Waals surface area contributed by atoms with Gasteiger partial charge >= 0.3 is 5.97 Å². The first kappa shape index (κ1) is 72.4. The molecule has 6 N–H and O–H groups in total. The number of allylic oxidation sites excluding steroid dienone is 9. The molecule has 0 saturated carbocycles. The second-order valence-electron chi connectivity index (χ2n) is 22.1. The first-order valence-corrected chi connectivity index (χ1v) is 32.1. The largest absolute Gasteiger partial charge is 0.454 e. The topological polar surface area (TPSA) is 175 Å². The summed E-state index contributed by atoms with van der Waals surface area (Å²) in [5.41, 5.74) is 0. The summed E-state index contributed by atoms with van der Waals surface area (Å²) >= 11 is 0. The summed E-state index contributed by atoms with van der Waals surface area (Å²) in [5, 5.41) is 57.0. The second kappa shape index (κ2) is 54.0. The highest BCUT2D eigenvalue weighted by Gasteiger charge is 2.47. The van der Waals surface area contributed by atoms with Crippen LogP contribution in [0.2, 0.25) is 0 Å². The van der Waals surface area contributed by atoms with Gasteiger partial charge in [0, 0.05) is 6.42 Å². The molecule has 1 heterocycles. The van der Waals surface area contributed by atoms with Crippen molar-refractivity contribution < 1.29 is 49.3 Å². The number of aliphatic hydroxyl groups is 5. The third-order valence-corrected chi connectivity index (χ3v) is 14.9. The van der Waals surface area contributed by atoms with Crippen LogP contribution in [-0.2, 0) is 23.8 Å². The van der Waals surface area contributed by atoms with Crippen molar-refractivity contribution in [2.24, 2.45) is 0 Å². The molecule has 0 aliphatic carbocycles. The van der Waals surface area contributed by atoms with Crippen LogP contribution in [0.25, 0.3) is 0 Å². The molecule has 1 aliphatic heterocycles. The van der Waals surface area contributed by atoms with Crippen molar-refractivity contribution in [2.75, 3.05) is 13.2 Å². The van der Waals surface area contributed by atoms with Crippen LogP contribution in [0.4, 0.5) is 0 Å². The number of nitrogens with one attached hydrogen (secondary N) is 1. The predicted molar refractivity (Wildman–Crippen MR) is 320 cm³/mol. The Kier molecular flexibility index (Phi) is 50.7. The van der Waals surface area contributed by atoms with E-state index >= 15 is 0 Å². The average molecular weight is 1090 g/mol. The molecule has 1 aliphatic rings. The lowest BCUT2D eigenvalue weighted by Crippen LogP contribution is -2.61. The molecule has 448 valence electrons. The van der Waals surface area contributed by atoms with Crippen molar-refractivity contribution in [1.29, 1.82) is 0 Å². The smallest absolute Gasteiger partial charge is 0.306 e. The lowest BCUT2D eigenvalue weighted by molar-refractivity contribution is -0.305. The summed E-state index contributed by atoms with van der Waals surface area (Å²) in [6.07, 6.45) is 56.8. The fourth-order valence-electron chi connectivity index (χ4n) is 9.81. The molecule has 0 radical (unpaired) electrons. The van der Waals surface area contributed by atoms with Crippen LogP contribution in [0.3, 0.4) is 0 Å². The Labute approximate surface area is 471 Å². The van der Waals surface area contributed by atoms with Crippen LogP contribution < -0.4 is 5.32 Å². The van der Waals surface area contributed by atoms with Gasteiger partial charge in [0.25, 0.3) is 0 Å². The molecule has 11 heteroatoms. The molecule has 1 rings (SSSR count). The van der Waals surface area contributed by atoms with E-state index in [9.17, 15) is 35.1 Å². The number of rotatable bonds is 54. The number of carbonyl (C=O) groups excluding carboxylic acids is 2. The SMILES string of the molecule is CCCCC/C=C\C/C=C\C/C=C\C/C=C\CCCCCCCCC(O)C(=O)NC(COC1OC(CO)C(O)C(O)C1OC(=O)CCCCCCCCCCCCCCC)C(O)/C=C/CCCCCCCCCCCCC. The fraction of sp³-hybridized carbons (Fsp3) is 0.818. The first-order valence-electron chi connectivity index (χ1n) is 32.1. The van der Waals surface area contributed by atoms with Gasteiger partial charge in [0.15, 0.2) is 12.4 Å². The molecule has 0 aromatic heterocycles. The first-order chi connectivity index (χ1) is 37.7. The normalized spacial score (nSPS) is 19.4. The monoisotopic (exact) mass is 1090 g/mol. The lowest BCUT2D eigenvalue weighted by Gasteiger charge is -2.41. The molecule has 0 aromatic carbocycles. The van der Waals surface area contributed by atoms with Crippen molar-refractivity contribution in [2.45, 2.75) is 333 Å². The molecular formula is C66H119NO10. The highest BCUT2D eigenvalue weighted by atomic mass is 16.7. The van der Waals surface area contributed by atoms with Gasteiger partial charge in [-0.15, -0.1) is 0 Å². The Balaban J connectivity index is 2.67. The van der Waals surface area contributed by atoms with Crippen molar-refractivity contribution in [3.63, 3.8) is 0 Å². The highest BCUT2D eigenvalue weighted by molar-refractivity contribution is 5.80. The maximum Gasteiger partial charge on any atom is 0.306 e. The molecule has 0 spiro atoms. The molecular weight excluding hydrogens is 967 g/mol. The molecule has 0 aromatic rings. The molecule has 0 bridgehead atoms. The minimum Gasteiger partial charge on any atom is -0.454 e. The molecule has 1 amide bonds. The van der Waals surface area contributed by atoms with Crippen molar-refractivity contribution in [3.05, 3.63) is 60.8 Å². The number of unbranched alkanes of at least 4 members (excludes halogenated alkanes) is 32. The van der Waals surface area contributed by atoms with E-state index in [1.807, 2.05) is 6.08 Å². The highest BCUT2D eigenvalue weighted by Crippen LogP contribution is 2.26. The Morgan fingerprint density at radius 2 is 0.896 bits per heavy atom. The Hall–Kier alpha value is -2.64. The molecule has 1 fully saturated rings. The van der Waals surface area contributed by atoms with Gasteiger partial charge in [-0.05, 0) is 70.6 Å². The number of aliphatic hydroxyl groups excluding tert-OH is 5. The van der Waals surface area contributed by atoms with E-state index < -0.39 is 67.4 Å². The standard InChI is InChI=1S/C66H119NO10/c1-4-7-10-13-16-19-22-25-26-27-28-29-30-31-32-33-36-38-41-44-47-50-53-59(70)65(74)67-57(58(69)52-49-46-43-40-37-34-23-20-17-14-11-8-5-2)56-75-66-64(63(73)62(72)60(55-68)76-66)77-61(71)54-51-48-45-42-39-35-24-21-18-15-12-9-6-3/h16,19,25-26,28-29,31-32,49,52,57-60,62-64,66,68-70,72-73H,4-15,17-18,20-24,27,30,33-48,50-51,53-56H2,1-3H3,(H,67,74)/b19-16-,26-25-,29-28-,32-31-,52-49+. The minimum atomic E-state index is -1.61. The molecule has 8 unspecified atom stereocenters. The number of ether oxygens (including phenoxy) is 3. The fourth-order valence-corrected chi connectivity index (χ4v) is 9.81.